The Bertz CT molecular complexity index is 2090. The minimum absolute atomic E-state index is 0.0970. The first-order chi connectivity index (χ1) is 24.3. The molecule has 8 heteroatoms. The third-order valence-corrected chi connectivity index (χ3v) is 10.6. The van der Waals surface area contributed by atoms with E-state index in [1.54, 1.807) is 66.7 Å². The summed E-state index contributed by atoms with van der Waals surface area (Å²) in [6, 6.07) is 24.9. The Labute approximate surface area is 299 Å². The Balaban J connectivity index is 1.14. The van der Waals surface area contributed by atoms with Crippen molar-refractivity contribution in [1.82, 2.24) is 4.90 Å². The van der Waals surface area contributed by atoms with E-state index in [0.717, 1.165) is 23.3 Å². The average molecular weight is 682 g/mol. The number of carbonyl (C=O) groups is 5. The molecule has 8 nitrogen and oxygen atoms in total. The molecule has 0 bridgehead atoms. The molecule has 0 spiro atoms. The van der Waals surface area contributed by atoms with E-state index >= 15 is 0 Å². The van der Waals surface area contributed by atoms with Gasteiger partial charge in [0.25, 0.3) is 23.6 Å². The zero-order chi connectivity index (χ0) is 36.7. The lowest BCUT2D eigenvalue weighted by atomic mass is 9.80. The molecule has 2 aliphatic heterocycles. The maximum absolute atomic E-state index is 13.6. The van der Waals surface area contributed by atoms with E-state index < -0.39 is 17.4 Å². The molecule has 0 radical (unpaired) electrons. The van der Waals surface area contributed by atoms with Crippen molar-refractivity contribution in [2.75, 3.05) is 10.2 Å². The predicted octanol–water partition coefficient (Wildman–Crippen LogP) is 9.06. The van der Waals surface area contributed by atoms with Crippen LogP contribution in [-0.4, -0.2) is 40.0 Å². The van der Waals surface area contributed by atoms with Crippen molar-refractivity contribution in [2.45, 2.75) is 78.2 Å². The second kappa shape index (κ2) is 13.6. The highest BCUT2D eigenvalue weighted by Gasteiger charge is 2.45. The van der Waals surface area contributed by atoms with Gasteiger partial charge in [0, 0.05) is 17.3 Å². The van der Waals surface area contributed by atoms with Gasteiger partial charge in [-0.3, -0.25) is 28.9 Å². The third-order valence-electron chi connectivity index (χ3n) is 10.6. The van der Waals surface area contributed by atoms with Crippen LogP contribution in [0.4, 0.5) is 11.4 Å². The first-order valence-corrected chi connectivity index (χ1v) is 17.6. The number of nitrogens with one attached hydrogen (secondary N) is 1. The number of carbonyl (C=O) groups excluding carboxylic acids is 5. The normalized spacial score (nSPS) is 14.5. The molecule has 51 heavy (non-hydrogen) atoms. The van der Waals surface area contributed by atoms with Crippen LogP contribution in [0.25, 0.3) is 17.2 Å². The SMILES string of the molecule is CCCC(C)(C)c1ccc(/C=C/C(=O)Nc2ccc(N3C(=O)c4ccc(-c5ccc6c(c5)C(=O)N(C(C)(CC)CC)C6=O)cc4C3=O)cc2)cc1. The molecule has 1 N–H and O–H groups in total. The Morgan fingerprint density at radius 1 is 0.667 bits per heavy atom. The second-order valence-electron chi connectivity index (χ2n) is 14.2. The second-order valence-corrected chi connectivity index (χ2v) is 14.2. The van der Waals surface area contributed by atoms with Crippen LogP contribution in [0.5, 0.6) is 0 Å². The number of benzene rings is 4. The van der Waals surface area contributed by atoms with Gasteiger partial charge < -0.3 is 5.32 Å². The maximum Gasteiger partial charge on any atom is 0.266 e. The highest BCUT2D eigenvalue weighted by atomic mass is 16.2. The van der Waals surface area contributed by atoms with Crippen molar-refractivity contribution in [3.8, 4) is 11.1 Å². The fourth-order valence-electron chi connectivity index (χ4n) is 7.00. The van der Waals surface area contributed by atoms with Gasteiger partial charge in [-0.1, -0.05) is 77.4 Å². The number of anilines is 2. The topological polar surface area (TPSA) is 104 Å². The van der Waals surface area contributed by atoms with Gasteiger partial charge in [-0.05, 0) is 108 Å². The fraction of sp³-hybridized carbons (Fsp3) is 0.279. The lowest BCUT2D eigenvalue weighted by Crippen LogP contribution is -2.48. The molecule has 0 atom stereocenters. The first kappa shape index (κ1) is 35.2. The third kappa shape index (κ3) is 6.42. The molecule has 0 fully saturated rings. The van der Waals surface area contributed by atoms with Crippen molar-refractivity contribution in [1.29, 1.82) is 0 Å². The van der Waals surface area contributed by atoms with E-state index in [1.165, 1.54) is 16.5 Å². The lowest BCUT2D eigenvalue weighted by Gasteiger charge is -2.35. The minimum Gasteiger partial charge on any atom is -0.323 e. The summed E-state index contributed by atoms with van der Waals surface area (Å²) in [5, 5.41) is 2.83. The Kier molecular flexibility index (Phi) is 9.38. The molecule has 2 aliphatic rings. The van der Waals surface area contributed by atoms with Crippen molar-refractivity contribution < 1.29 is 24.0 Å². The van der Waals surface area contributed by atoms with E-state index in [9.17, 15) is 24.0 Å². The number of fused-ring (bicyclic) bond motifs is 2. The molecule has 6 rings (SSSR count). The fourth-order valence-corrected chi connectivity index (χ4v) is 7.00. The van der Waals surface area contributed by atoms with Gasteiger partial charge in [0.2, 0.25) is 5.91 Å². The maximum atomic E-state index is 13.6. The molecule has 260 valence electrons. The molecule has 0 saturated carbocycles. The van der Waals surface area contributed by atoms with Crippen LogP contribution in [0.1, 0.15) is 120 Å². The number of imide groups is 2. The van der Waals surface area contributed by atoms with Gasteiger partial charge in [-0.2, -0.15) is 0 Å². The van der Waals surface area contributed by atoms with Crippen LogP contribution >= 0.6 is 0 Å². The Morgan fingerprint density at radius 3 is 1.76 bits per heavy atom. The molecule has 4 aromatic rings. The van der Waals surface area contributed by atoms with Crippen molar-refractivity contribution in [2.24, 2.45) is 0 Å². The van der Waals surface area contributed by atoms with E-state index in [4.69, 9.17) is 0 Å². The number of hydrogen-bond donors (Lipinski definition) is 1. The number of nitrogens with zero attached hydrogens (tertiary/aromatic N) is 2. The van der Waals surface area contributed by atoms with Crippen LogP contribution in [-0.2, 0) is 10.2 Å². The summed E-state index contributed by atoms with van der Waals surface area (Å²) < 4.78 is 0. The minimum atomic E-state index is -0.587. The van der Waals surface area contributed by atoms with E-state index in [-0.39, 0.29) is 34.3 Å². The van der Waals surface area contributed by atoms with Crippen molar-refractivity contribution in [3.05, 3.63) is 124 Å². The lowest BCUT2D eigenvalue weighted by molar-refractivity contribution is -0.111. The molecular formula is C43H43N3O5. The summed E-state index contributed by atoms with van der Waals surface area (Å²) in [4.78, 5) is 68.8. The van der Waals surface area contributed by atoms with Gasteiger partial charge in [0.1, 0.15) is 0 Å². The summed E-state index contributed by atoms with van der Waals surface area (Å²) in [6.45, 7) is 12.5. The standard InChI is InChI=1S/C43H43N3O5/c1-7-24-42(4,5)30-15-10-27(11-16-30)12-23-37(47)44-31-17-19-32(20-18-31)45-38(48)33-21-13-28(25-35(33)39(45)49)29-14-22-34-36(26-29)41(51)46(40(34)50)43(6,8-2)9-3/h10-23,25-26H,7-9,24H2,1-6H3,(H,44,47)/b23-12+. The van der Waals surface area contributed by atoms with Crippen LogP contribution in [0.2, 0.25) is 0 Å². The number of amides is 5. The highest BCUT2D eigenvalue weighted by Crippen LogP contribution is 2.37. The van der Waals surface area contributed by atoms with E-state index in [1.807, 2.05) is 32.9 Å². The number of rotatable bonds is 11. The van der Waals surface area contributed by atoms with Crippen LogP contribution in [0.3, 0.4) is 0 Å². The molecular weight excluding hydrogens is 638 g/mol. The predicted molar refractivity (Wildman–Crippen MR) is 201 cm³/mol. The molecule has 0 unspecified atom stereocenters. The summed E-state index contributed by atoms with van der Waals surface area (Å²) in [5.74, 6) is -1.85. The molecule has 0 aliphatic carbocycles. The molecule has 0 saturated heterocycles. The number of hydrogen-bond acceptors (Lipinski definition) is 5. The van der Waals surface area contributed by atoms with Crippen LogP contribution in [0.15, 0.2) is 91.0 Å². The zero-order valence-corrected chi connectivity index (χ0v) is 30.0. The van der Waals surface area contributed by atoms with Gasteiger partial charge in [0.15, 0.2) is 0 Å². The molecule has 2 heterocycles. The summed E-state index contributed by atoms with van der Waals surface area (Å²) in [6.07, 6.45) is 6.72. The largest absolute Gasteiger partial charge is 0.323 e. The molecule has 4 aromatic carbocycles. The molecule has 0 aromatic heterocycles. The summed E-state index contributed by atoms with van der Waals surface area (Å²) in [7, 11) is 0. The zero-order valence-electron chi connectivity index (χ0n) is 30.0. The summed E-state index contributed by atoms with van der Waals surface area (Å²) in [5.41, 5.74) is 5.11. The van der Waals surface area contributed by atoms with Gasteiger partial charge in [0.05, 0.1) is 27.9 Å². The van der Waals surface area contributed by atoms with Crippen molar-refractivity contribution >= 4 is 47.0 Å². The van der Waals surface area contributed by atoms with Gasteiger partial charge in [-0.15, -0.1) is 0 Å². The summed E-state index contributed by atoms with van der Waals surface area (Å²) >= 11 is 0. The Morgan fingerprint density at radius 2 is 1.20 bits per heavy atom. The molecule has 5 amide bonds. The quantitative estimate of drug-likeness (QED) is 0.126. The van der Waals surface area contributed by atoms with Gasteiger partial charge in [-0.25, -0.2) is 4.90 Å². The van der Waals surface area contributed by atoms with Crippen LogP contribution in [0, 0.1) is 0 Å². The van der Waals surface area contributed by atoms with E-state index in [0.29, 0.717) is 46.5 Å². The average Bonchev–Trinajstić information content (AvgIpc) is 3.54. The van der Waals surface area contributed by atoms with E-state index in [2.05, 4.69) is 38.2 Å². The Hall–Kier alpha value is -5.63. The van der Waals surface area contributed by atoms with Crippen LogP contribution < -0.4 is 10.2 Å². The highest BCUT2D eigenvalue weighted by molar-refractivity contribution is 6.34. The van der Waals surface area contributed by atoms with Crippen molar-refractivity contribution in [3.63, 3.8) is 0 Å². The monoisotopic (exact) mass is 681 g/mol. The first-order valence-electron chi connectivity index (χ1n) is 17.6. The van der Waals surface area contributed by atoms with Gasteiger partial charge >= 0.3 is 0 Å². The smallest absolute Gasteiger partial charge is 0.266 e.